The van der Waals surface area contributed by atoms with Crippen molar-refractivity contribution in [3.63, 3.8) is 0 Å². The first-order valence-electron chi connectivity index (χ1n) is 5.36. The van der Waals surface area contributed by atoms with Gasteiger partial charge in [-0.25, -0.2) is 0 Å². The van der Waals surface area contributed by atoms with E-state index in [1.807, 2.05) is 19.9 Å². The van der Waals surface area contributed by atoms with Crippen LogP contribution in [0.5, 0.6) is 0 Å². The second-order valence-electron chi connectivity index (χ2n) is 4.64. The zero-order chi connectivity index (χ0) is 12.2. The van der Waals surface area contributed by atoms with Crippen LogP contribution >= 0.6 is 23.2 Å². The molecule has 90 valence electrons. The van der Waals surface area contributed by atoms with Crippen molar-refractivity contribution in [2.75, 3.05) is 11.9 Å². The van der Waals surface area contributed by atoms with Gasteiger partial charge in [0, 0.05) is 17.1 Å². The largest absolute Gasteiger partial charge is 0.384 e. The predicted molar refractivity (Wildman–Crippen MR) is 72.5 cm³/mol. The van der Waals surface area contributed by atoms with E-state index in [1.54, 1.807) is 12.1 Å². The van der Waals surface area contributed by atoms with Crippen LogP contribution < -0.4 is 11.1 Å². The van der Waals surface area contributed by atoms with Gasteiger partial charge in [-0.2, -0.15) is 0 Å². The van der Waals surface area contributed by atoms with Gasteiger partial charge in [-0.05, 0) is 44.9 Å². The maximum Gasteiger partial charge on any atom is 0.0638 e. The second kappa shape index (κ2) is 5.76. The Kier molecular flexibility index (Phi) is 4.90. The van der Waals surface area contributed by atoms with Gasteiger partial charge in [-0.1, -0.05) is 23.2 Å². The number of halogens is 2. The maximum atomic E-state index is 6.02. The van der Waals surface area contributed by atoms with Crippen LogP contribution in [0, 0.1) is 0 Å². The summed E-state index contributed by atoms with van der Waals surface area (Å²) in [5, 5.41) is 4.63. The Morgan fingerprint density at radius 2 is 2.00 bits per heavy atom. The van der Waals surface area contributed by atoms with Crippen molar-refractivity contribution >= 4 is 28.9 Å². The zero-order valence-electron chi connectivity index (χ0n) is 9.69. The third kappa shape index (κ3) is 5.06. The minimum atomic E-state index is -0.111. The lowest BCUT2D eigenvalue weighted by atomic mass is 10.0. The van der Waals surface area contributed by atoms with Gasteiger partial charge in [0.2, 0.25) is 0 Å². The van der Waals surface area contributed by atoms with Gasteiger partial charge in [0.15, 0.2) is 0 Å². The number of hydrogen-bond acceptors (Lipinski definition) is 2. The molecule has 0 heterocycles. The molecule has 2 nitrogen and oxygen atoms in total. The van der Waals surface area contributed by atoms with E-state index in [0.717, 1.165) is 25.1 Å². The first-order valence-corrected chi connectivity index (χ1v) is 6.12. The average Bonchev–Trinajstić information content (AvgIpc) is 2.16. The van der Waals surface area contributed by atoms with Crippen molar-refractivity contribution in [1.29, 1.82) is 0 Å². The van der Waals surface area contributed by atoms with E-state index in [4.69, 9.17) is 28.9 Å². The van der Waals surface area contributed by atoms with E-state index in [1.165, 1.54) is 0 Å². The Labute approximate surface area is 107 Å². The van der Waals surface area contributed by atoms with Crippen LogP contribution in [0.3, 0.4) is 0 Å². The van der Waals surface area contributed by atoms with Crippen LogP contribution in [-0.4, -0.2) is 12.1 Å². The molecular formula is C12H18Cl2N2. The fraction of sp³-hybridized carbons (Fsp3) is 0.500. The summed E-state index contributed by atoms with van der Waals surface area (Å²) in [6.07, 6.45) is 1.98. The summed E-state index contributed by atoms with van der Waals surface area (Å²) in [7, 11) is 0. The van der Waals surface area contributed by atoms with Gasteiger partial charge < -0.3 is 11.1 Å². The van der Waals surface area contributed by atoms with Crippen LogP contribution in [0.1, 0.15) is 26.7 Å². The van der Waals surface area contributed by atoms with Gasteiger partial charge in [0.05, 0.1) is 10.7 Å². The average molecular weight is 261 g/mol. The number of nitrogens with one attached hydrogen (secondary N) is 1. The molecule has 0 saturated heterocycles. The van der Waals surface area contributed by atoms with E-state index < -0.39 is 0 Å². The summed E-state index contributed by atoms with van der Waals surface area (Å²) in [6.45, 7) is 4.90. The Balaban J connectivity index is 2.40. The molecule has 0 aliphatic carbocycles. The van der Waals surface area contributed by atoms with Gasteiger partial charge in [0.25, 0.3) is 0 Å². The van der Waals surface area contributed by atoms with E-state index >= 15 is 0 Å². The molecule has 0 fully saturated rings. The highest BCUT2D eigenvalue weighted by atomic mass is 35.5. The third-order valence-electron chi connectivity index (χ3n) is 2.24. The number of benzene rings is 1. The third-order valence-corrected chi connectivity index (χ3v) is 2.81. The fourth-order valence-electron chi connectivity index (χ4n) is 1.40. The summed E-state index contributed by atoms with van der Waals surface area (Å²) in [5.41, 5.74) is 6.66. The smallest absolute Gasteiger partial charge is 0.0638 e. The highest BCUT2D eigenvalue weighted by molar-refractivity contribution is 6.35. The molecule has 1 aromatic rings. The highest BCUT2D eigenvalue weighted by Gasteiger charge is 2.09. The number of rotatable bonds is 5. The van der Waals surface area contributed by atoms with E-state index in [-0.39, 0.29) is 5.54 Å². The molecule has 16 heavy (non-hydrogen) atoms. The molecular weight excluding hydrogens is 243 g/mol. The summed E-state index contributed by atoms with van der Waals surface area (Å²) in [5.74, 6) is 0. The summed E-state index contributed by atoms with van der Waals surface area (Å²) in [6, 6.07) is 5.40. The van der Waals surface area contributed by atoms with E-state index in [9.17, 15) is 0 Å². The van der Waals surface area contributed by atoms with Crippen LogP contribution in [0.25, 0.3) is 0 Å². The second-order valence-corrected chi connectivity index (χ2v) is 5.49. The van der Waals surface area contributed by atoms with Crippen LogP contribution in [0.15, 0.2) is 18.2 Å². The van der Waals surface area contributed by atoms with Crippen molar-refractivity contribution < 1.29 is 0 Å². The molecule has 3 N–H and O–H groups in total. The number of anilines is 1. The number of hydrogen-bond donors (Lipinski definition) is 2. The number of nitrogens with two attached hydrogens (primary N) is 1. The van der Waals surface area contributed by atoms with Crippen molar-refractivity contribution in [1.82, 2.24) is 0 Å². The Morgan fingerprint density at radius 3 is 2.62 bits per heavy atom. The maximum absolute atomic E-state index is 6.02. The fourth-order valence-corrected chi connectivity index (χ4v) is 1.76. The molecule has 1 rings (SSSR count). The topological polar surface area (TPSA) is 38.0 Å². The normalized spacial score (nSPS) is 11.6. The molecule has 0 radical (unpaired) electrons. The predicted octanol–water partition coefficient (Wildman–Crippen LogP) is 3.92. The van der Waals surface area contributed by atoms with Crippen LogP contribution in [0.4, 0.5) is 5.69 Å². The van der Waals surface area contributed by atoms with Gasteiger partial charge in [-0.3, -0.25) is 0 Å². The van der Waals surface area contributed by atoms with Crippen LogP contribution in [-0.2, 0) is 0 Å². The zero-order valence-corrected chi connectivity index (χ0v) is 11.2. The van der Waals surface area contributed by atoms with Gasteiger partial charge in [-0.15, -0.1) is 0 Å². The Hall–Kier alpha value is -0.440. The summed E-state index contributed by atoms with van der Waals surface area (Å²) >= 11 is 11.9. The van der Waals surface area contributed by atoms with Crippen molar-refractivity contribution in [3.8, 4) is 0 Å². The van der Waals surface area contributed by atoms with Crippen molar-refractivity contribution in [2.45, 2.75) is 32.2 Å². The molecule has 0 aromatic heterocycles. The lowest BCUT2D eigenvalue weighted by molar-refractivity contribution is 0.465. The highest BCUT2D eigenvalue weighted by Crippen LogP contribution is 2.25. The minimum Gasteiger partial charge on any atom is -0.384 e. The van der Waals surface area contributed by atoms with Crippen LogP contribution in [0.2, 0.25) is 10.0 Å². The van der Waals surface area contributed by atoms with Crippen molar-refractivity contribution in [2.24, 2.45) is 5.73 Å². The molecule has 0 bridgehead atoms. The molecule has 4 heteroatoms. The quantitative estimate of drug-likeness (QED) is 0.788. The molecule has 0 spiro atoms. The monoisotopic (exact) mass is 260 g/mol. The first kappa shape index (κ1) is 13.6. The molecule has 0 aliphatic rings. The van der Waals surface area contributed by atoms with Gasteiger partial charge in [0.1, 0.15) is 0 Å². The van der Waals surface area contributed by atoms with E-state index in [2.05, 4.69) is 5.32 Å². The Bertz CT molecular complexity index is 345. The van der Waals surface area contributed by atoms with E-state index in [0.29, 0.717) is 10.0 Å². The Morgan fingerprint density at radius 1 is 1.31 bits per heavy atom. The molecule has 0 amide bonds. The molecule has 0 aliphatic heterocycles. The standard InChI is InChI=1S/C12H18Cl2N2/c1-12(2,15)6-3-7-16-11-8-9(13)4-5-10(11)14/h4-5,8,16H,3,6-7,15H2,1-2H3. The first-order chi connectivity index (χ1) is 7.38. The lowest BCUT2D eigenvalue weighted by Crippen LogP contribution is -2.32. The van der Waals surface area contributed by atoms with Gasteiger partial charge >= 0.3 is 0 Å². The van der Waals surface area contributed by atoms with Crippen molar-refractivity contribution in [3.05, 3.63) is 28.2 Å². The molecule has 0 atom stereocenters. The summed E-state index contributed by atoms with van der Waals surface area (Å²) in [4.78, 5) is 0. The SMILES string of the molecule is CC(C)(N)CCCNc1cc(Cl)ccc1Cl. The molecule has 0 unspecified atom stereocenters. The summed E-state index contributed by atoms with van der Waals surface area (Å²) < 4.78 is 0. The molecule has 1 aromatic carbocycles. The lowest BCUT2D eigenvalue weighted by Gasteiger charge is -2.18. The molecule has 0 saturated carbocycles. The minimum absolute atomic E-state index is 0.111.